The first-order valence-electron chi connectivity index (χ1n) is 9.49. The molecule has 0 fully saturated rings. The minimum Gasteiger partial charge on any atom is -0.388 e. The van der Waals surface area contributed by atoms with Crippen molar-refractivity contribution in [1.29, 1.82) is 0 Å². The van der Waals surface area contributed by atoms with Gasteiger partial charge in [0, 0.05) is 0 Å². The molecule has 0 amide bonds. The Morgan fingerprint density at radius 3 is 2.40 bits per heavy atom. The molecule has 1 N–H and O–H groups in total. The standard InChI is InChI=1S/C23H34OSi/c1-7-22(25(5,6)21-11-9-8-10-12-21)18(4)23(24)20-15-13-19(14-16-20)17(2)3/h7-12,15,18-19,22-24H,1-2,13-14,16H2,3-6H3/t18?,19-,22?,23?/m0/s1. The highest BCUT2D eigenvalue weighted by Gasteiger charge is 2.38. The van der Waals surface area contributed by atoms with E-state index in [0.717, 1.165) is 19.3 Å². The van der Waals surface area contributed by atoms with E-state index in [2.05, 4.69) is 82.6 Å². The first kappa shape index (κ1) is 19.9. The van der Waals surface area contributed by atoms with E-state index >= 15 is 0 Å². The molecule has 0 saturated heterocycles. The van der Waals surface area contributed by atoms with Crippen molar-refractivity contribution in [3.8, 4) is 0 Å². The zero-order chi connectivity index (χ0) is 18.6. The summed E-state index contributed by atoms with van der Waals surface area (Å²) in [6.45, 7) is 17.3. The lowest BCUT2D eigenvalue weighted by Crippen LogP contribution is -2.49. The van der Waals surface area contributed by atoms with Crippen LogP contribution in [0.5, 0.6) is 0 Å². The van der Waals surface area contributed by atoms with Gasteiger partial charge in [-0.1, -0.05) is 79.8 Å². The van der Waals surface area contributed by atoms with Gasteiger partial charge in [0.05, 0.1) is 14.2 Å². The van der Waals surface area contributed by atoms with Gasteiger partial charge in [0.1, 0.15) is 0 Å². The first-order chi connectivity index (χ1) is 11.8. The van der Waals surface area contributed by atoms with Crippen LogP contribution in [0.15, 0.2) is 66.8 Å². The van der Waals surface area contributed by atoms with E-state index in [9.17, 15) is 5.11 Å². The Kier molecular flexibility index (Phi) is 6.64. The summed E-state index contributed by atoms with van der Waals surface area (Å²) in [6, 6.07) is 10.8. The molecule has 0 bridgehead atoms. The van der Waals surface area contributed by atoms with Gasteiger partial charge >= 0.3 is 0 Å². The number of hydrogen-bond donors (Lipinski definition) is 1. The molecule has 1 aromatic rings. The fourth-order valence-electron chi connectivity index (χ4n) is 4.33. The van der Waals surface area contributed by atoms with Crippen LogP contribution in [0.4, 0.5) is 0 Å². The molecule has 1 aromatic carbocycles. The minimum absolute atomic E-state index is 0.187. The van der Waals surface area contributed by atoms with Crippen LogP contribution in [0.2, 0.25) is 18.6 Å². The molecule has 0 aromatic heterocycles. The zero-order valence-corrected chi connectivity index (χ0v) is 17.3. The first-order valence-corrected chi connectivity index (χ1v) is 12.6. The smallest absolute Gasteiger partial charge is 0.0877 e. The van der Waals surface area contributed by atoms with Gasteiger partial charge in [-0.3, -0.25) is 0 Å². The van der Waals surface area contributed by atoms with E-state index in [0.29, 0.717) is 11.5 Å². The van der Waals surface area contributed by atoms with Crippen LogP contribution in [0.25, 0.3) is 0 Å². The Morgan fingerprint density at radius 1 is 1.28 bits per heavy atom. The van der Waals surface area contributed by atoms with Crippen LogP contribution in [0.1, 0.15) is 33.1 Å². The summed E-state index contributed by atoms with van der Waals surface area (Å²) in [6.07, 6.45) is 7.11. The van der Waals surface area contributed by atoms with E-state index in [-0.39, 0.29) is 12.0 Å². The molecule has 2 heteroatoms. The fourth-order valence-corrected chi connectivity index (χ4v) is 7.85. The van der Waals surface area contributed by atoms with Crippen molar-refractivity contribution in [2.45, 2.75) is 57.8 Å². The normalized spacial score (nSPS) is 21.8. The second-order valence-electron chi connectivity index (χ2n) is 8.25. The summed E-state index contributed by atoms with van der Waals surface area (Å²) >= 11 is 0. The topological polar surface area (TPSA) is 20.2 Å². The molecule has 25 heavy (non-hydrogen) atoms. The minimum atomic E-state index is -1.75. The fraction of sp³-hybridized carbons (Fsp3) is 0.478. The Morgan fingerprint density at radius 2 is 1.92 bits per heavy atom. The van der Waals surface area contributed by atoms with Crippen molar-refractivity contribution in [2.75, 3.05) is 0 Å². The highest BCUT2D eigenvalue weighted by atomic mass is 28.3. The summed E-state index contributed by atoms with van der Waals surface area (Å²) in [5.41, 5.74) is 2.82. The van der Waals surface area contributed by atoms with Gasteiger partial charge in [0.25, 0.3) is 0 Å². The van der Waals surface area contributed by atoms with Crippen molar-refractivity contribution in [3.05, 3.63) is 66.8 Å². The van der Waals surface area contributed by atoms with E-state index in [1.54, 1.807) is 0 Å². The van der Waals surface area contributed by atoms with E-state index in [4.69, 9.17) is 0 Å². The summed E-state index contributed by atoms with van der Waals surface area (Å²) < 4.78 is 0. The Hall–Kier alpha value is -1.38. The van der Waals surface area contributed by atoms with Crippen LogP contribution < -0.4 is 5.19 Å². The highest BCUT2D eigenvalue weighted by Crippen LogP contribution is 2.38. The molecule has 136 valence electrons. The number of benzene rings is 1. The quantitative estimate of drug-likeness (QED) is 0.509. The number of aliphatic hydroxyl groups is 1. The molecule has 0 spiro atoms. The predicted molar refractivity (Wildman–Crippen MR) is 113 cm³/mol. The van der Waals surface area contributed by atoms with Crippen LogP contribution in [0, 0.1) is 11.8 Å². The number of aliphatic hydroxyl groups excluding tert-OH is 1. The Labute approximate surface area is 155 Å². The maximum Gasteiger partial charge on any atom is 0.0877 e. The summed E-state index contributed by atoms with van der Waals surface area (Å²) in [4.78, 5) is 0. The predicted octanol–water partition coefficient (Wildman–Crippen LogP) is 5.46. The van der Waals surface area contributed by atoms with Gasteiger partial charge in [-0.15, -0.1) is 6.58 Å². The molecule has 0 heterocycles. The second-order valence-corrected chi connectivity index (χ2v) is 12.9. The zero-order valence-electron chi connectivity index (χ0n) is 16.3. The molecule has 0 aliphatic heterocycles. The van der Waals surface area contributed by atoms with Crippen LogP contribution in [-0.4, -0.2) is 19.3 Å². The summed E-state index contributed by atoms with van der Waals surface area (Å²) in [5.74, 6) is 0.767. The molecule has 1 aliphatic rings. The third kappa shape index (κ3) is 4.42. The largest absolute Gasteiger partial charge is 0.388 e. The number of rotatable bonds is 7. The summed E-state index contributed by atoms with van der Waals surface area (Å²) in [5, 5.41) is 12.5. The third-order valence-electron chi connectivity index (χ3n) is 6.19. The van der Waals surface area contributed by atoms with Gasteiger partial charge < -0.3 is 5.11 Å². The molecule has 0 radical (unpaired) electrons. The summed E-state index contributed by atoms with van der Waals surface area (Å²) in [7, 11) is -1.75. The molecular weight excluding hydrogens is 320 g/mol. The number of hydrogen-bond acceptors (Lipinski definition) is 1. The average molecular weight is 355 g/mol. The number of allylic oxidation sites excluding steroid dienone is 3. The third-order valence-corrected chi connectivity index (χ3v) is 10.4. The molecule has 1 nitrogen and oxygen atoms in total. The lowest BCUT2D eigenvalue weighted by atomic mass is 9.81. The highest BCUT2D eigenvalue weighted by molar-refractivity contribution is 6.91. The SMILES string of the molecule is C=CC(C(C)C(O)C1=CC[C@H](C(=C)C)CC1)[Si](C)(C)c1ccccc1. The molecule has 4 atom stereocenters. The second kappa shape index (κ2) is 8.33. The van der Waals surface area contributed by atoms with E-state index < -0.39 is 8.07 Å². The lowest BCUT2D eigenvalue weighted by Gasteiger charge is -2.38. The average Bonchev–Trinajstić information content (AvgIpc) is 2.62. The lowest BCUT2D eigenvalue weighted by molar-refractivity contribution is 0.144. The van der Waals surface area contributed by atoms with Crippen molar-refractivity contribution < 1.29 is 5.11 Å². The van der Waals surface area contributed by atoms with Gasteiger partial charge in [-0.2, -0.15) is 0 Å². The van der Waals surface area contributed by atoms with Crippen molar-refractivity contribution >= 4 is 13.3 Å². The van der Waals surface area contributed by atoms with Crippen molar-refractivity contribution in [3.63, 3.8) is 0 Å². The van der Waals surface area contributed by atoms with Gasteiger partial charge in [0.15, 0.2) is 0 Å². The molecule has 1 aliphatic carbocycles. The Balaban J connectivity index is 2.18. The monoisotopic (exact) mass is 354 g/mol. The molecule has 3 unspecified atom stereocenters. The van der Waals surface area contributed by atoms with Crippen LogP contribution >= 0.6 is 0 Å². The van der Waals surface area contributed by atoms with Crippen molar-refractivity contribution in [2.24, 2.45) is 11.8 Å². The van der Waals surface area contributed by atoms with Gasteiger partial charge in [-0.25, -0.2) is 0 Å². The van der Waals surface area contributed by atoms with E-state index in [1.807, 2.05) is 0 Å². The van der Waals surface area contributed by atoms with E-state index in [1.165, 1.54) is 16.3 Å². The van der Waals surface area contributed by atoms with Gasteiger partial charge in [0.2, 0.25) is 0 Å². The maximum atomic E-state index is 11.1. The van der Waals surface area contributed by atoms with Crippen LogP contribution in [0.3, 0.4) is 0 Å². The Bertz CT molecular complexity index is 629. The van der Waals surface area contributed by atoms with Crippen LogP contribution in [-0.2, 0) is 0 Å². The van der Waals surface area contributed by atoms with Gasteiger partial charge in [-0.05, 0) is 49.1 Å². The molecule has 2 rings (SSSR count). The maximum absolute atomic E-state index is 11.1. The molecular formula is C23H34OSi. The van der Waals surface area contributed by atoms with Crippen molar-refractivity contribution in [1.82, 2.24) is 0 Å². The molecule has 0 saturated carbocycles.